The number of ether oxygens (including phenoxy) is 1. The van der Waals surface area contributed by atoms with E-state index in [1.165, 1.54) is 29.1 Å². The first-order chi connectivity index (χ1) is 24.0. The summed E-state index contributed by atoms with van der Waals surface area (Å²) >= 11 is 0. The molecule has 0 spiro atoms. The van der Waals surface area contributed by atoms with Crippen LogP contribution in [0.15, 0.2) is 36.4 Å². The minimum atomic E-state index is -4.00. The van der Waals surface area contributed by atoms with E-state index >= 15 is 0 Å². The Morgan fingerprint density at radius 3 is 2.34 bits per heavy atom. The first kappa shape index (κ1) is 33.7. The Kier molecular flexibility index (Phi) is 8.52. The summed E-state index contributed by atoms with van der Waals surface area (Å²) in [5.41, 5.74) is 5.01. The highest BCUT2D eigenvalue weighted by Gasteiger charge is 2.52. The number of fused-ring (bicyclic) bond motifs is 7. The predicted molar refractivity (Wildman–Crippen MR) is 194 cm³/mol. The monoisotopic (exact) mass is 702 g/mol. The Balaban J connectivity index is 1.25. The zero-order chi connectivity index (χ0) is 34.9. The maximum Gasteiger partial charge on any atom is 0.304 e. The second kappa shape index (κ2) is 12.6. The van der Waals surface area contributed by atoms with Crippen molar-refractivity contribution in [2.45, 2.75) is 76.4 Å². The Morgan fingerprint density at radius 2 is 1.64 bits per heavy atom. The second-order valence-corrected chi connectivity index (χ2v) is 17.5. The molecule has 1 aromatic heterocycles. The average molecular weight is 703 g/mol. The Morgan fingerprint density at radius 1 is 0.920 bits per heavy atom. The summed E-state index contributed by atoms with van der Waals surface area (Å²) < 4.78 is 38.3. The van der Waals surface area contributed by atoms with Crippen LogP contribution in [-0.4, -0.2) is 116 Å². The smallest absolute Gasteiger partial charge is 0.304 e. The SMILES string of the molecule is COc1ccc2c(c1)CC(C)(C(=O)N1C3CC1CN(C)C3)Cn1c-2c(C2CCCCC2)c2ccc(C(=O)NS(=O)(=O)N3CCN(C)CC3)cc21. The molecular formula is C38H50N6O5S. The second-order valence-electron chi connectivity index (χ2n) is 15.8. The van der Waals surface area contributed by atoms with Crippen LogP contribution in [0.2, 0.25) is 0 Å². The molecule has 3 aromatic rings. The minimum absolute atomic E-state index is 0.182. The summed E-state index contributed by atoms with van der Waals surface area (Å²) in [6.45, 7) is 6.24. The Labute approximate surface area is 295 Å². The third kappa shape index (κ3) is 5.72. The molecule has 2 aromatic carbocycles. The normalized spacial score (nSPS) is 26.5. The largest absolute Gasteiger partial charge is 0.497 e. The van der Waals surface area contributed by atoms with E-state index in [0.29, 0.717) is 50.6 Å². The molecule has 50 heavy (non-hydrogen) atoms. The molecule has 5 heterocycles. The molecule has 11 nitrogen and oxygen atoms in total. The van der Waals surface area contributed by atoms with Crippen LogP contribution in [0.5, 0.6) is 5.75 Å². The predicted octanol–water partition coefficient (Wildman–Crippen LogP) is 4.06. The molecule has 8 rings (SSSR count). The number of nitrogens with zero attached hydrogens (tertiary/aromatic N) is 5. The van der Waals surface area contributed by atoms with Gasteiger partial charge in [-0.05, 0) is 94.1 Å². The van der Waals surface area contributed by atoms with Gasteiger partial charge in [0, 0.05) is 79.9 Å². The first-order valence-corrected chi connectivity index (χ1v) is 19.8. The molecule has 4 aliphatic heterocycles. The molecule has 12 heteroatoms. The van der Waals surface area contributed by atoms with Crippen molar-refractivity contribution >= 4 is 32.9 Å². The summed E-state index contributed by atoms with van der Waals surface area (Å²) in [7, 11) is 1.77. The highest BCUT2D eigenvalue weighted by molar-refractivity contribution is 7.87. The van der Waals surface area contributed by atoms with Gasteiger partial charge < -0.3 is 24.0 Å². The fraction of sp³-hybridized carbons (Fsp3) is 0.579. The fourth-order valence-electron chi connectivity index (χ4n) is 9.55. The molecule has 1 aliphatic carbocycles. The lowest BCUT2D eigenvalue weighted by atomic mass is 9.77. The number of likely N-dealkylation sites (N-methyl/N-ethyl adjacent to an activating group) is 2. The quantitative estimate of drug-likeness (QED) is 0.413. The third-order valence-corrected chi connectivity index (χ3v) is 13.7. The minimum Gasteiger partial charge on any atom is -0.497 e. The maximum absolute atomic E-state index is 14.8. The summed E-state index contributed by atoms with van der Waals surface area (Å²) in [5, 5.41) is 1.08. The van der Waals surface area contributed by atoms with E-state index in [1.807, 2.05) is 25.2 Å². The molecule has 268 valence electrons. The van der Waals surface area contributed by atoms with Crippen molar-refractivity contribution in [1.82, 2.24) is 28.3 Å². The maximum atomic E-state index is 14.8. The molecule has 0 radical (unpaired) electrons. The van der Waals surface area contributed by atoms with Gasteiger partial charge in [0.2, 0.25) is 5.91 Å². The van der Waals surface area contributed by atoms with Gasteiger partial charge in [-0.3, -0.25) is 9.59 Å². The topological polar surface area (TPSA) is 107 Å². The molecule has 4 fully saturated rings. The number of hydrogen-bond donors (Lipinski definition) is 1. The number of likely N-dealkylation sites (tertiary alicyclic amines) is 2. The first-order valence-electron chi connectivity index (χ1n) is 18.3. The van der Waals surface area contributed by atoms with Crippen molar-refractivity contribution in [2.75, 3.05) is 60.5 Å². The van der Waals surface area contributed by atoms with Gasteiger partial charge in [-0.25, -0.2) is 4.72 Å². The highest BCUT2D eigenvalue weighted by atomic mass is 32.2. The average Bonchev–Trinajstić information content (AvgIpc) is 3.33. The van der Waals surface area contributed by atoms with Crippen LogP contribution in [0.1, 0.15) is 72.9 Å². The Bertz CT molecular complexity index is 1930. The number of nitrogens with one attached hydrogen (secondary N) is 1. The number of carbonyl (C=O) groups excluding carboxylic acids is 2. The van der Waals surface area contributed by atoms with Gasteiger partial charge in [-0.15, -0.1) is 0 Å². The lowest BCUT2D eigenvalue weighted by Crippen LogP contribution is -2.71. The van der Waals surface area contributed by atoms with Gasteiger partial charge in [0.1, 0.15) is 5.75 Å². The lowest BCUT2D eigenvalue weighted by Gasteiger charge is -2.57. The van der Waals surface area contributed by atoms with Crippen molar-refractivity contribution in [3.63, 3.8) is 0 Å². The van der Waals surface area contributed by atoms with E-state index in [2.05, 4.69) is 50.1 Å². The number of hydrogen-bond acceptors (Lipinski definition) is 7. The van der Waals surface area contributed by atoms with Crippen molar-refractivity contribution < 1.29 is 22.7 Å². The highest BCUT2D eigenvalue weighted by Crippen LogP contribution is 2.50. The van der Waals surface area contributed by atoms with Crippen LogP contribution < -0.4 is 9.46 Å². The number of aromatic nitrogens is 1. The molecule has 1 saturated carbocycles. The molecule has 2 bridgehead atoms. The van der Waals surface area contributed by atoms with E-state index in [9.17, 15) is 18.0 Å². The van der Waals surface area contributed by atoms with E-state index < -0.39 is 21.5 Å². The van der Waals surface area contributed by atoms with Crippen LogP contribution in [0.25, 0.3) is 22.2 Å². The number of benzene rings is 2. The van der Waals surface area contributed by atoms with Gasteiger partial charge in [-0.1, -0.05) is 25.3 Å². The fourth-order valence-corrected chi connectivity index (χ4v) is 10.7. The molecule has 1 N–H and O–H groups in total. The van der Waals surface area contributed by atoms with Crippen LogP contribution in [0, 0.1) is 5.41 Å². The van der Waals surface area contributed by atoms with Crippen LogP contribution in [0.4, 0.5) is 0 Å². The van der Waals surface area contributed by atoms with Gasteiger partial charge in [0.05, 0.1) is 18.2 Å². The van der Waals surface area contributed by atoms with E-state index in [-0.39, 0.29) is 18.0 Å². The van der Waals surface area contributed by atoms with E-state index in [1.54, 1.807) is 13.2 Å². The molecule has 3 atom stereocenters. The summed E-state index contributed by atoms with van der Waals surface area (Å²) in [4.78, 5) is 35.1. The molecule has 5 aliphatic rings. The van der Waals surface area contributed by atoms with Crippen molar-refractivity contribution in [3.8, 4) is 17.0 Å². The van der Waals surface area contributed by atoms with Gasteiger partial charge in [-0.2, -0.15) is 12.7 Å². The zero-order valence-corrected chi connectivity index (χ0v) is 30.6. The van der Waals surface area contributed by atoms with Crippen LogP contribution in [-0.2, 0) is 28.0 Å². The summed E-state index contributed by atoms with van der Waals surface area (Å²) in [6.07, 6.45) is 7.35. The number of methoxy groups -OCH3 is 1. The van der Waals surface area contributed by atoms with Gasteiger partial charge in [0.25, 0.3) is 5.91 Å². The number of piperidine rings is 1. The number of rotatable bonds is 6. The van der Waals surface area contributed by atoms with Crippen molar-refractivity contribution in [2.24, 2.45) is 5.41 Å². The summed E-state index contributed by atoms with van der Waals surface area (Å²) in [6, 6.07) is 12.3. The number of amides is 2. The van der Waals surface area contributed by atoms with Crippen molar-refractivity contribution in [1.29, 1.82) is 0 Å². The molecule has 2 amide bonds. The number of carbonyl (C=O) groups is 2. The third-order valence-electron chi connectivity index (χ3n) is 12.2. The van der Waals surface area contributed by atoms with Crippen molar-refractivity contribution in [3.05, 3.63) is 53.1 Å². The standard InChI is InChI=1S/C38H50N6O5S/c1-38(37(46)44-28-20-29(44)23-41(3)22-28)21-27-18-30(49-4)11-13-31(27)35-34(25-8-6-5-7-9-25)32-12-10-26(19-33(32)43(35)24-38)36(45)39-50(47,48)42-16-14-40(2)15-17-42/h10-13,18-19,25,28-29H,5-9,14-17,20-24H2,1-4H3,(H,39,45). The molecule has 3 saturated heterocycles. The van der Waals surface area contributed by atoms with Crippen LogP contribution >= 0.6 is 0 Å². The van der Waals surface area contributed by atoms with E-state index in [4.69, 9.17) is 4.74 Å². The van der Waals surface area contributed by atoms with Gasteiger partial charge in [0.15, 0.2) is 0 Å². The zero-order valence-electron chi connectivity index (χ0n) is 29.8. The lowest BCUT2D eigenvalue weighted by molar-refractivity contribution is -0.164. The number of piperazine rings is 2. The Hall–Kier alpha value is -3.45. The van der Waals surface area contributed by atoms with E-state index in [0.717, 1.165) is 65.8 Å². The van der Waals surface area contributed by atoms with Gasteiger partial charge >= 0.3 is 10.2 Å². The molecule has 3 unspecified atom stereocenters. The van der Waals surface area contributed by atoms with Crippen LogP contribution in [0.3, 0.4) is 0 Å². The molecular weight excluding hydrogens is 653 g/mol. The summed E-state index contributed by atoms with van der Waals surface area (Å²) in [5.74, 6) is 0.655.